The van der Waals surface area contributed by atoms with Crippen LogP contribution in [0.25, 0.3) is 0 Å². The smallest absolute Gasteiger partial charge is 0.269 e. The fourth-order valence-electron chi connectivity index (χ4n) is 2.72. The largest absolute Gasteiger partial charge is 0.383 e. The van der Waals surface area contributed by atoms with Crippen molar-refractivity contribution in [2.24, 2.45) is 0 Å². The molecule has 1 amide bonds. The molecule has 1 aliphatic rings. The molecule has 1 fully saturated rings. The number of nitro benzene ring substituents is 1. The molecule has 0 aliphatic carbocycles. The van der Waals surface area contributed by atoms with E-state index in [2.05, 4.69) is 10.6 Å². The Kier molecular flexibility index (Phi) is 7.41. The lowest BCUT2D eigenvalue weighted by Gasteiger charge is -2.29. The van der Waals surface area contributed by atoms with E-state index < -0.39 is 4.92 Å². The number of hydrogen-bond acceptors (Lipinski definition) is 5. The van der Waals surface area contributed by atoms with Crippen molar-refractivity contribution in [2.75, 3.05) is 26.8 Å². The van der Waals surface area contributed by atoms with Gasteiger partial charge in [-0.1, -0.05) is 12.1 Å². The van der Waals surface area contributed by atoms with E-state index >= 15 is 0 Å². The van der Waals surface area contributed by atoms with Crippen molar-refractivity contribution in [3.63, 3.8) is 0 Å². The second-order valence-corrected chi connectivity index (χ2v) is 5.62. The minimum Gasteiger partial charge on any atom is -0.383 e. The highest BCUT2D eigenvalue weighted by Gasteiger charge is 2.33. The van der Waals surface area contributed by atoms with E-state index in [0.29, 0.717) is 13.2 Å². The Hall–Kier alpha value is -1.70. The van der Waals surface area contributed by atoms with Crippen molar-refractivity contribution in [1.82, 2.24) is 10.6 Å². The Morgan fingerprint density at radius 1 is 1.43 bits per heavy atom. The minimum absolute atomic E-state index is 0. The first-order valence-corrected chi connectivity index (χ1v) is 7.29. The molecule has 1 saturated heterocycles. The second-order valence-electron chi connectivity index (χ2n) is 5.62. The highest BCUT2D eigenvalue weighted by atomic mass is 35.5. The summed E-state index contributed by atoms with van der Waals surface area (Å²) in [6, 6.07) is 6.04. The molecule has 1 aromatic carbocycles. The zero-order chi connectivity index (χ0) is 16.0. The average Bonchev–Trinajstić information content (AvgIpc) is 2.95. The standard InChI is InChI=1S/C15H21N3O4.ClH/c1-22-11-15(7-2-8-17-15)10-16-14(19)9-12-3-5-13(6-4-12)18(20)21;/h3-6,17H,2,7-11H2,1H3,(H,16,19);1H. The molecule has 1 heterocycles. The van der Waals surface area contributed by atoms with Gasteiger partial charge < -0.3 is 15.4 Å². The summed E-state index contributed by atoms with van der Waals surface area (Å²) in [5.41, 5.74) is 0.599. The summed E-state index contributed by atoms with van der Waals surface area (Å²) in [5, 5.41) is 16.9. The van der Waals surface area contributed by atoms with Gasteiger partial charge in [-0.2, -0.15) is 0 Å². The van der Waals surface area contributed by atoms with Crippen LogP contribution >= 0.6 is 12.4 Å². The minimum atomic E-state index is -0.454. The molecule has 7 nitrogen and oxygen atoms in total. The maximum absolute atomic E-state index is 12.0. The quantitative estimate of drug-likeness (QED) is 0.577. The van der Waals surface area contributed by atoms with E-state index in [4.69, 9.17) is 4.74 Å². The Morgan fingerprint density at radius 3 is 2.65 bits per heavy atom. The molecule has 0 spiro atoms. The molecule has 2 N–H and O–H groups in total. The molecular weight excluding hydrogens is 322 g/mol. The summed E-state index contributed by atoms with van der Waals surface area (Å²) in [6.45, 7) is 2.01. The second kappa shape index (κ2) is 8.81. The number of non-ortho nitro benzene ring substituents is 1. The Labute approximate surface area is 141 Å². The maximum atomic E-state index is 12.0. The summed E-state index contributed by atoms with van der Waals surface area (Å²) in [4.78, 5) is 22.2. The monoisotopic (exact) mass is 343 g/mol. The van der Waals surface area contributed by atoms with Crippen LogP contribution in [0.5, 0.6) is 0 Å². The van der Waals surface area contributed by atoms with Gasteiger partial charge in [0.05, 0.1) is 23.5 Å². The van der Waals surface area contributed by atoms with Crippen LogP contribution in [-0.2, 0) is 16.0 Å². The lowest BCUT2D eigenvalue weighted by Crippen LogP contribution is -2.53. The van der Waals surface area contributed by atoms with E-state index in [0.717, 1.165) is 24.9 Å². The molecule has 1 unspecified atom stereocenters. The molecule has 8 heteroatoms. The number of amides is 1. The summed E-state index contributed by atoms with van der Waals surface area (Å²) >= 11 is 0. The summed E-state index contributed by atoms with van der Waals surface area (Å²) in [6.07, 6.45) is 2.25. The van der Waals surface area contributed by atoms with Crippen molar-refractivity contribution in [3.05, 3.63) is 39.9 Å². The van der Waals surface area contributed by atoms with Crippen molar-refractivity contribution in [3.8, 4) is 0 Å². The van der Waals surface area contributed by atoms with Crippen LogP contribution in [0, 0.1) is 10.1 Å². The molecule has 0 bridgehead atoms. The topological polar surface area (TPSA) is 93.5 Å². The highest BCUT2D eigenvalue weighted by molar-refractivity contribution is 5.85. The van der Waals surface area contributed by atoms with Crippen LogP contribution in [0.3, 0.4) is 0 Å². The van der Waals surface area contributed by atoms with Crippen molar-refractivity contribution in [2.45, 2.75) is 24.8 Å². The normalized spacial score (nSPS) is 19.9. The van der Waals surface area contributed by atoms with Gasteiger partial charge in [0.1, 0.15) is 0 Å². The molecule has 0 radical (unpaired) electrons. The number of carbonyl (C=O) groups is 1. The van der Waals surface area contributed by atoms with E-state index in [1.165, 1.54) is 12.1 Å². The number of nitro groups is 1. The number of ether oxygens (including phenoxy) is 1. The predicted molar refractivity (Wildman–Crippen MR) is 88.9 cm³/mol. The number of benzene rings is 1. The van der Waals surface area contributed by atoms with Gasteiger partial charge in [-0.3, -0.25) is 14.9 Å². The number of methoxy groups -OCH3 is 1. The van der Waals surface area contributed by atoms with Crippen molar-refractivity contribution in [1.29, 1.82) is 0 Å². The molecule has 2 rings (SSSR count). The zero-order valence-electron chi connectivity index (χ0n) is 13.0. The molecule has 128 valence electrons. The SMILES string of the molecule is COCC1(CNC(=O)Cc2ccc([N+](=O)[O-])cc2)CCCN1.Cl. The van der Waals surface area contributed by atoms with Gasteiger partial charge in [-0.25, -0.2) is 0 Å². The van der Waals surface area contributed by atoms with Crippen LogP contribution in [0.1, 0.15) is 18.4 Å². The van der Waals surface area contributed by atoms with Gasteiger partial charge in [0.2, 0.25) is 5.91 Å². The van der Waals surface area contributed by atoms with Gasteiger partial charge in [0.25, 0.3) is 5.69 Å². The van der Waals surface area contributed by atoms with Crippen LogP contribution in [0.4, 0.5) is 5.69 Å². The fraction of sp³-hybridized carbons (Fsp3) is 0.533. The van der Waals surface area contributed by atoms with Crippen LogP contribution in [0.15, 0.2) is 24.3 Å². The third-order valence-electron chi connectivity index (χ3n) is 3.89. The first-order chi connectivity index (χ1) is 10.5. The molecule has 23 heavy (non-hydrogen) atoms. The Morgan fingerprint density at radius 2 is 2.13 bits per heavy atom. The van der Waals surface area contributed by atoms with Crippen LogP contribution < -0.4 is 10.6 Å². The first-order valence-electron chi connectivity index (χ1n) is 7.29. The molecule has 1 atom stereocenters. The van der Waals surface area contributed by atoms with Gasteiger partial charge in [-0.15, -0.1) is 12.4 Å². The number of carbonyl (C=O) groups excluding carboxylic acids is 1. The number of nitrogens with zero attached hydrogens (tertiary/aromatic N) is 1. The third-order valence-corrected chi connectivity index (χ3v) is 3.89. The van der Waals surface area contributed by atoms with E-state index in [1.807, 2.05) is 0 Å². The highest BCUT2D eigenvalue weighted by Crippen LogP contribution is 2.19. The van der Waals surface area contributed by atoms with Crippen molar-refractivity contribution >= 4 is 24.0 Å². The lowest BCUT2D eigenvalue weighted by atomic mass is 9.98. The van der Waals surface area contributed by atoms with Crippen molar-refractivity contribution < 1.29 is 14.5 Å². The van der Waals surface area contributed by atoms with Gasteiger partial charge in [0, 0.05) is 25.8 Å². The Balaban J connectivity index is 0.00000264. The van der Waals surface area contributed by atoms with E-state index in [9.17, 15) is 14.9 Å². The predicted octanol–water partition coefficient (Wildman–Crippen LogP) is 1.44. The number of nitrogens with one attached hydrogen (secondary N) is 2. The summed E-state index contributed by atoms with van der Waals surface area (Å²) in [5.74, 6) is -0.0990. The Bertz CT molecular complexity index is 530. The number of rotatable bonds is 7. The maximum Gasteiger partial charge on any atom is 0.269 e. The van der Waals surface area contributed by atoms with E-state index in [-0.39, 0.29) is 36.0 Å². The molecule has 1 aliphatic heterocycles. The van der Waals surface area contributed by atoms with E-state index in [1.54, 1.807) is 19.2 Å². The summed E-state index contributed by atoms with van der Waals surface area (Å²) < 4.78 is 5.24. The van der Waals surface area contributed by atoms with Crippen LogP contribution in [0.2, 0.25) is 0 Å². The molecule has 0 aromatic heterocycles. The van der Waals surface area contributed by atoms with Gasteiger partial charge in [0.15, 0.2) is 0 Å². The van der Waals surface area contributed by atoms with Crippen LogP contribution in [-0.4, -0.2) is 43.2 Å². The average molecular weight is 344 g/mol. The van der Waals surface area contributed by atoms with Gasteiger partial charge in [-0.05, 0) is 24.9 Å². The number of halogens is 1. The van der Waals surface area contributed by atoms with Gasteiger partial charge >= 0.3 is 0 Å². The lowest BCUT2D eigenvalue weighted by molar-refractivity contribution is -0.384. The first kappa shape index (κ1) is 19.3. The fourth-order valence-corrected chi connectivity index (χ4v) is 2.72. The molecule has 1 aromatic rings. The zero-order valence-corrected chi connectivity index (χ0v) is 13.9. The summed E-state index contributed by atoms with van der Waals surface area (Å²) in [7, 11) is 1.65. The molecule has 0 saturated carbocycles. The third kappa shape index (κ3) is 5.46. The number of hydrogen-bond donors (Lipinski definition) is 2. The molecular formula is C15H22ClN3O4.